The number of aryl methyl sites for hydroxylation is 1. The fourth-order valence-corrected chi connectivity index (χ4v) is 2.68. The Bertz CT molecular complexity index is 450. The smallest absolute Gasteiger partial charge is 0.187 e. The molecule has 16 heavy (non-hydrogen) atoms. The van der Waals surface area contributed by atoms with E-state index in [0.29, 0.717) is 9.80 Å². The normalized spacial score (nSPS) is 13.6. The highest BCUT2D eigenvalue weighted by atomic mass is 32.2. The lowest BCUT2D eigenvalue weighted by molar-refractivity contribution is 0.104. The second-order valence-electron chi connectivity index (χ2n) is 3.36. The Morgan fingerprint density at radius 1 is 1.44 bits per heavy atom. The van der Waals surface area contributed by atoms with E-state index in [1.807, 2.05) is 31.4 Å². The maximum Gasteiger partial charge on any atom is 0.187 e. The summed E-state index contributed by atoms with van der Waals surface area (Å²) in [4.78, 5) is 11.8. The monoisotopic (exact) mass is 254 g/mol. The van der Waals surface area contributed by atoms with Gasteiger partial charge in [0.15, 0.2) is 5.78 Å². The highest BCUT2D eigenvalue weighted by molar-refractivity contribution is 8.15. The SMILES string of the molecule is CSC(=CC(=O)c1cccc(C)c1)S(C)=O. The molecule has 0 aliphatic heterocycles. The quantitative estimate of drug-likeness (QED) is 0.612. The van der Waals surface area contributed by atoms with Gasteiger partial charge in [0.25, 0.3) is 0 Å². The lowest BCUT2D eigenvalue weighted by Crippen LogP contribution is -1.98. The number of rotatable bonds is 4. The van der Waals surface area contributed by atoms with Crippen LogP contribution in [-0.2, 0) is 10.8 Å². The molecule has 0 aliphatic carbocycles. The number of hydrogen-bond acceptors (Lipinski definition) is 3. The van der Waals surface area contributed by atoms with E-state index < -0.39 is 10.8 Å². The molecule has 1 unspecified atom stereocenters. The molecule has 0 heterocycles. The van der Waals surface area contributed by atoms with Crippen LogP contribution >= 0.6 is 11.8 Å². The average Bonchev–Trinajstić information content (AvgIpc) is 2.25. The second kappa shape index (κ2) is 6.01. The van der Waals surface area contributed by atoms with Gasteiger partial charge < -0.3 is 0 Å². The van der Waals surface area contributed by atoms with E-state index in [-0.39, 0.29) is 5.78 Å². The Morgan fingerprint density at radius 2 is 2.12 bits per heavy atom. The molecular weight excluding hydrogens is 240 g/mol. The van der Waals surface area contributed by atoms with Crippen molar-refractivity contribution in [3.05, 3.63) is 45.7 Å². The van der Waals surface area contributed by atoms with Crippen LogP contribution in [0.4, 0.5) is 0 Å². The Balaban J connectivity index is 2.99. The minimum absolute atomic E-state index is 0.0942. The zero-order valence-corrected chi connectivity index (χ0v) is 11.2. The fourth-order valence-electron chi connectivity index (χ4n) is 1.25. The van der Waals surface area contributed by atoms with Crippen LogP contribution in [-0.4, -0.2) is 22.5 Å². The first-order valence-corrected chi connectivity index (χ1v) is 7.53. The Labute approximate surface area is 103 Å². The van der Waals surface area contributed by atoms with Crippen LogP contribution in [0.2, 0.25) is 0 Å². The number of hydrogen-bond donors (Lipinski definition) is 0. The molecule has 1 rings (SSSR count). The van der Waals surface area contributed by atoms with E-state index in [4.69, 9.17) is 0 Å². The van der Waals surface area contributed by atoms with E-state index in [2.05, 4.69) is 0 Å². The van der Waals surface area contributed by atoms with Gasteiger partial charge in [-0.25, -0.2) is 0 Å². The van der Waals surface area contributed by atoms with Gasteiger partial charge in [-0.2, -0.15) is 0 Å². The van der Waals surface area contributed by atoms with E-state index in [1.54, 1.807) is 12.3 Å². The molecule has 0 amide bonds. The summed E-state index contributed by atoms with van der Waals surface area (Å²) in [6, 6.07) is 7.38. The summed E-state index contributed by atoms with van der Waals surface area (Å²) < 4.78 is 11.9. The van der Waals surface area contributed by atoms with E-state index in [1.165, 1.54) is 17.8 Å². The number of carbonyl (C=O) groups is 1. The fraction of sp³-hybridized carbons (Fsp3) is 0.250. The van der Waals surface area contributed by atoms with Gasteiger partial charge in [-0.05, 0) is 19.2 Å². The first kappa shape index (κ1) is 13.2. The van der Waals surface area contributed by atoms with E-state index in [0.717, 1.165) is 5.56 Å². The highest BCUT2D eigenvalue weighted by Gasteiger charge is 2.07. The molecule has 1 aromatic rings. The van der Waals surface area contributed by atoms with Gasteiger partial charge >= 0.3 is 0 Å². The summed E-state index contributed by atoms with van der Waals surface area (Å²) >= 11 is 1.35. The first-order chi connectivity index (χ1) is 7.54. The number of carbonyl (C=O) groups excluding carboxylic acids is 1. The van der Waals surface area contributed by atoms with Crippen molar-refractivity contribution >= 4 is 28.3 Å². The molecule has 0 N–H and O–H groups in total. The van der Waals surface area contributed by atoms with Crippen LogP contribution in [0.3, 0.4) is 0 Å². The van der Waals surface area contributed by atoms with Gasteiger partial charge in [0.1, 0.15) is 0 Å². The van der Waals surface area contributed by atoms with Gasteiger partial charge in [0, 0.05) is 17.9 Å². The molecule has 2 nitrogen and oxygen atoms in total. The zero-order chi connectivity index (χ0) is 12.1. The molecule has 0 bridgehead atoms. The molecular formula is C12H14O2S2. The molecule has 0 saturated carbocycles. The molecule has 1 aromatic carbocycles. The van der Waals surface area contributed by atoms with Gasteiger partial charge in [0.05, 0.1) is 15.0 Å². The van der Waals surface area contributed by atoms with Gasteiger partial charge in [-0.3, -0.25) is 9.00 Å². The lowest BCUT2D eigenvalue weighted by Gasteiger charge is -2.00. The van der Waals surface area contributed by atoms with Gasteiger partial charge in [-0.15, -0.1) is 11.8 Å². The van der Waals surface area contributed by atoms with E-state index >= 15 is 0 Å². The number of allylic oxidation sites excluding steroid dienone is 1. The number of ketones is 1. The summed E-state index contributed by atoms with van der Waals surface area (Å²) in [5.74, 6) is -0.0942. The van der Waals surface area contributed by atoms with Crippen LogP contribution in [0.1, 0.15) is 15.9 Å². The van der Waals surface area contributed by atoms with Crippen LogP contribution in [0.15, 0.2) is 34.6 Å². The molecule has 86 valence electrons. The average molecular weight is 254 g/mol. The summed E-state index contributed by atoms with van der Waals surface area (Å²) in [5.41, 5.74) is 1.68. The third-order valence-corrected chi connectivity index (χ3v) is 4.44. The maximum absolute atomic E-state index is 11.8. The van der Waals surface area contributed by atoms with E-state index in [9.17, 15) is 9.00 Å². The number of benzene rings is 1. The molecule has 0 spiro atoms. The van der Waals surface area contributed by atoms with Crippen molar-refractivity contribution in [1.82, 2.24) is 0 Å². The largest absolute Gasteiger partial charge is 0.289 e. The summed E-state index contributed by atoms with van der Waals surface area (Å²) in [7, 11) is -1.10. The minimum Gasteiger partial charge on any atom is -0.289 e. The maximum atomic E-state index is 11.8. The molecule has 0 aromatic heterocycles. The predicted molar refractivity (Wildman–Crippen MR) is 71.2 cm³/mol. The van der Waals surface area contributed by atoms with Crippen molar-refractivity contribution in [3.8, 4) is 0 Å². The highest BCUT2D eigenvalue weighted by Crippen LogP contribution is 2.16. The molecule has 4 heteroatoms. The molecule has 0 saturated heterocycles. The van der Waals surface area contributed by atoms with Gasteiger partial charge in [-0.1, -0.05) is 23.8 Å². The molecule has 1 atom stereocenters. The summed E-state index contributed by atoms with van der Waals surface area (Å²) in [6.07, 6.45) is 4.85. The molecule has 0 radical (unpaired) electrons. The van der Waals surface area contributed by atoms with Crippen molar-refractivity contribution in [2.24, 2.45) is 0 Å². The van der Waals surface area contributed by atoms with Crippen molar-refractivity contribution in [2.45, 2.75) is 6.92 Å². The van der Waals surface area contributed by atoms with Crippen molar-refractivity contribution in [2.75, 3.05) is 12.5 Å². The van der Waals surface area contributed by atoms with Crippen LogP contribution in [0, 0.1) is 6.92 Å². The Hall–Kier alpha value is -0.870. The lowest BCUT2D eigenvalue weighted by atomic mass is 10.1. The summed E-state index contributed by atoms with van der Waals surface area (Å²) in [6.45, 7) is 1.94. The third kappa shape index (κ3) is 3.61. The Morgan fingerprint density at radius 3 is 2.62 bits per heavy atom. The molecule has 0 fully saturated rings. The Kier molecular flexibility index (Phi) is 4.96. The minimum atomic E-state index is -1.10. The van der Waals surface area contributed by atoms with Gasteiger partial charge in [0.2, 0.25) is 0 Å². The van der Waals surface area contributed by atoms with Crippen LogP contribution in [0.5, 0.6) is 0 Å². The topological polar surface area (TPSA) is 34.1 Å². The first-order valence-electron chi connectivity index (χ1n) is 4.74. The van der Waals surface area contributed by atoms with Crippen molar-refractivity contribution < 1.29 is 9.00 Å². The molecule has 0 aliphatic rings. The second-order valence-corrected chi connectivity index (χ2v) is 5.81. The zero-order valence-electron chi connectivity index (χ0n) is 9.52. The number of thioether (sulfide) groups is 1. The van der Waals surface area contributed by atoms with Crippen LogP contribution in [0.25, 0.3) is 0 Å². The third-order valence-electron chi connectivity index (χ3n) is 2.04. The standard InChI is InChI=1S/C12H14O2S2/c1-9-5-4-6-10(7-9)11(13)8-12(15-2)16(3)14/h4-8H,1-3H3. The predicted octanol–water partition coefficient (Wildman–Crippen LogP) is 2.76. The van der Waals surface area contributed by atoms with Crippen LogP contribution < -0.4 is 0 Å². The van der Waals surface area contributed by atoms with Crippen molar-refractivity contribution in [3.63, 3.8) is 0 Å². The summed E-state index contributed by atoms with van der Waals surface area (Å²) in [5, 5.41) is 0. The van der Waals surface area contributed by atoms with Crippen molar-refractivity contribution in [1.29, 1.82) is 0 Å².